The Balaban J connectivity index is 1.94. The fourth-order valence-corrected chi connectivity index (χ4v) is 2.84. The first-order valence-electron chi connectivity index (χ1n) is 5.92. The fourth-order valence-electron chi connectivity index (χ4n) is 1.99. The summed E-state index contributed by atoms with van der Waals surface area (Å²) in [5.41, 5.74) is 2.67. The number of hydrogen-bond donors (Lipinski definition) is 1. The van der Waals surface area contributed by atoms with E-state index < -0.39 is 10.1 Å². The topological polar surface area (TPSA) is 55.4 Å². The molecule has 0 radical (unpaired) electrons. The summed E-state index contributed by atoms with van der Waals surface area (Å²) in [5, 5.41) is 0. The molecule has 0 unspecified atom stereocenters. The van der Waals surface area contributed by atoms with Crippen LogP contribution >= 0.6 is 0 Å². The zero-order chi connectivity index (χ0) is 12.1. The summed E-state index contributed by atoms with van der Waals surface area (Å²) in [4.78, 5) is 0.184. The van der Waals surface area contributed by atoms with Gasteiger partial charge in [-0.15, -0.1) is 0 Å². The molecule has 0 aliphatic heterocycles. The van der Waals surface area contributed by atoms with Crippen LogP contribution in [0.2, 0.25) is 0 Å². The van der Waals surface area contributed by atoms with Crippen LogP contribution in [0.3, 0.4) is 0 Å². The summed E-state index contributed by atoms with van der Waals surface area (Å²) < 4.78 is 28.5. The minimum Gasteiger partial charge on any atom is -0.192 e. The third kappa shape index (κ3) is 3.52. The molecule has 1 aliphatic carbocycles. The van der Waals surface area contributed by atoms with Crippen LogP contribution in [0.25, 0.3) is 0 Å². The molecule has 94 valence electrons. The maximum Gasteiger partial charge on any atom is 0.312 e. The van der Waals surface area contributed by atoms with Crippen molar-refractivity contribution in [1.82, 2.24) is 5.48 Å². The minimum atomic E-state index is -3.67. The van der Waals surface area contributed by atoms with E-state index in [1.54, 1.807) is 18.2 Å². The summed E-state index contributed by atoms with van der Waals surface area (Å²) in [6.45, 7) is 0. The van der Waals surface area contributed by atoms with E-state index in [-0.39, 0.29) is 10.9 Å². The van der Waals surface area contributed by atoms with Crippen molar-refractivity contribution in [2.45, 2.75) is 43.0 Å². The SMILES string of the molecule is O=S(=O)(ONC1CCCCC1)c1ccccc1. The second-order valence-electron chi connectivity index (χ2n) is 4.30. The standard InChI is InChI=1S/C12H17NO3S/c14-17(15,12-9-5-2-6-10-12)16-13-11-7-3-1-4-8-11/h2,5-6,9-11,13H,1,3-4,7-8H2. The molecule has 0 amide bonds. The molecule has 1 aromatic carbocycles. The normalized spacial score (nSPS) is 18.1. The van der Waals surface area contributed by atoms with Crippen molar-refractivity contribution in [2.24, 2.45) is 0 Å². The minimum absolute atomic E-state index is 0.155. The Morgan fingerprint density at radius 3 is 2.35 bits per heavy atom. The quantitative estimate of drug-likeness (QED) is 0.838. The van der Waals surface area contributed by atoms with Crippen LogP contribution < -0.4 is 5.48 Å². The van der Waals surface area contributed by atoms with Gasteiger partial charge < -0.3 is 0 Å². The number of hydrogen-bond acceptors (Lipinski definition) is 4. The Morgan fingerprint density at radius 1 is 1.06 bits per heavy atom. The van der Waals surface area contributed by atoms with E-state index in [1.165, 1.54) is 18.6 Å². The molecule has 1 aliphatic rings. The van der Waals surface area contributed by atoms with E-state index in [9.17, 15) is 8.42 Å². The summed E-state index contributed by atoms with van der Waals surface area (Å²) in [6, 6.07) is 8.33. The zero-order valence-corrected chi connectivity index (χ0v) is 10.4. The van der Waals surface area contributed by atoms with Crippen LogP contribution in [0.4, 0.5) is 0 Å². The Labute approximate surface area is 102 Å². The lowest BCUT2D eigenvalue weighted by Gasteiger charge is -2.21. The Kier molecular flexibility index (Phi) is 4.15. The monoisotopic (exact) mass is 255 g/mol. The molecule has 0 spiro atoms. The number of rotatable bonds is 4. The molecule has 0 heterocycles. The fraction of sp³-hybridized carbons (Fsp3) is 0.500. The maximum atomic E-state index is 11.8. The van der Waals surface area contributed by atoms with Crippen molar-refractivity contribution in [2.75, 3.05) is 0 Å². The van der Waals surface area contributed by atoms with Gasteiger partial charge in [0.15, 0.2) is 0 Å². The molecule has 5 heteroatoms. The highest BCUT2D eigenvalue weighted by Crippen LogP contribution is 2.18. The largest absolute Gasteiger partial charge is 0.312 e. The van der Waals surface area contributed by atoms with Gasteiger partial charge in [0.2, 0.25) is 0 Å². The van der Waals surface area contributed by atoms with Crippen LogP contribution in [-0.4, -0.2) is 14.5 Å². The third-order valence-corrected chi connectivity index (χ3v) is 4.13. The van der Waals surface area contributed by atoms with Crippen LogP contribution in [0.15, 0.2) is 35.2 Å². The predicted molar refractivity (Wildman–Crippen MR) is 64.7 cm³/mol. The third-order valence-electron chi connectivity index (χ3n) is 2.96. The van der Waals surface area contributed by atoms with Crippen LogP contribution in [0.1, 0.15) is 32.1 Å². The molecule has 2 rings (SSSR count). The molecule has 0 bridgehead atoms. The van der Waals surface area contributed by atoms with Crippen molar-refractivity contribution in [3.8, 4) is 0 Å². The lowest BCUT2D eigenvalue weighted by Crippen LogP contribution is -2.33. The second-order valence-corrected chi connectivity index (χ2v) is 5.85. The van der Waals surface area contributed by atoms with Crippen molar-refractivity contribution < 1.29 is 12.7 Å². The van der Waals surface area contributed by atoms with Gasteiger partial charge in [-0.3, -0.25) is 0 Å². The smallest absolute Gasteiger partial charge is 0.192 e. The van der Waals surface area contributed by atoms with Gasteiger partial charge in [-0.25, -0.2) is 0 Å². The molecule has 17 heavy (non-hydrogen) atoms. The number of nitrogens with one attached hydrogen (secondary N) is 1. The van der Waals surface area contributed by atoms with Crippen LogP contribution in [0, 0.1) is 0 Å². The van der Waals surface area contributed by atoms with Crippen molar-refractivity contribution in [3.05, 3.63) is 30.3 Å². The van der Waals surface area contributed by atoms with Gasteiger partial charge in [-0.2, -0.15) is 18.2 Å². The van der Waals surface area contributed by atoms with Crippen LogP contribution in [0.5, 0.6) is 0 Å². The molecular weight excluding hydrogens is 238 g/mol. The van der Waals surface area contributed by atoms with Gasteiger partial charge in [0.1, 0.15) is 0 Å². The molecule has 1 aromatic rings. The second kappa shape index (κ2) is 5.62. The summed E-state index contributed by atoms with van der Waals surface area (Å²) in [6.07, 6.45) is 5.44. The lowest BCUT2D eigenvalue weighted by atomic mass is 9.96. The molecule has 1 saturated carbocycles. The van der Waals surface area contributed by atoms with Gasteiger partial charge in [0.25, 0.3) is 0 Å². The predicted octanol–water partition coefficient (Wildman–Crippen LogP) is 2.23. The van der Waals surface area contributed by atoms with Crippen LogP contribution in [-0.2, 0) is 14.4 Å². The van der Waals surface area contributed by atoms with Gasteiger partial charge in [0, 0.05) is 6.04 Å². The average Bonchev–Trinajstić information content (AvgIpc) is 2.39. The van der Waals surface area contributed by atoms with E-state index >= 15 is 0 Å². The first-order chi connectivity index (χ1) is 8.18. The Morgan fingerprint density at radius 2 is 1.71 bits per heavy atom. The highest BCUT2D eigenvalue weighted by molar-refractivity contribution is 7.86. The summed E-state index contributed by atoms with van der Waals surface area (Å²) in [5.74, 6) is 0. The molecule has 0 aromatic heterocycles. The average molecular weight is 255 g/mol. The van der Waals surface area contributed by atoms with E-state index in [1.807, 2.05) is 0 Å². The van der Waals surface area contributed by atoms with E-state index in [0.29, 0.717) is 0 Å². The van der Waals surface area contributed by atoms with Crippen molar-refractivity contribution in [3.63, 3.8) is 0 Å². The van der Waals surface area contributed by atoms with Crippen molar-refractivity contribution in [1.29, 1.82) is 0 Å². The van der Waals surface area contributed by atoms with Gasteiger partial charge in [-0.1, -0.05) is 37.5 Å². The van der Waals surface area contributed by atoms with Crippen molar-refractivity contribution >= 4 is 10.1 Å². The van der Waals surface area contributed by atoms with E-state index in [2.05, 4.69) is 5.48 Å². The molecule has 0 saturated heterocycles. The molecule has 4 nitrogen and oxygen atoms in total. The van der Waals surface area contributed by atoms with E-state index in [4.69, 9.17) is 4.28 Å². The highest BCUT2D eigenvalue weighted by Gasteiger charge is 2.19. The maximum absolute atomic E-state index is 11.8. The number of benzene rings is 1. The first kappa shape index (κ1) is 12.5. The first-order valence-corrected chi connectivity index (χ1v) is 7.33. The Bertz CT molecular complexity index is 438. The van der Waals surface area contributed by atoms with Gasteiger partial charge >= 0.3 is 10.1 Å². The lowest BCUT2D eigenvalue weighted by molar-refractivity contribution is 0.140. The zero-order valence-electron chi connectivity index (χ0n) is 9.63. The summed E-state index contributed by atoms with van der Waals surface area (Å²) in [7, 11) is -3.67. The van der Waals surface area contributed by atoms with E-state index in [0.717, 1.165) is 25.7 Å². The van der Waals surface area contributed by atoms with Gasteiger partial charge in [-0.05, 0) is 25.0 Å². The Hall–Kier alpha value is -0.910. The highest BCUT2D eigenvalue weighted by atomic mass is 32.2. The summed E-state index contributed by atoms with van der Waals surface area (Å²) >= 11 is 0. The molecule has 1 N–H and O–H groups in total. The molecule has 1 fully saturated rings. The van der Waals surface area contributed by atoms with Gasteiger partial charge in [0.05, 0.1) is 4.90 Å². The number of hydroxylamine groups is 1. The molecular formula is C12H17NO3S. The molecule has 0 atom stereocenters.